The summed E-state index contributed by atoms with van der Waals surface area (Å²) in [6.07, 6.45) is 1.11. The van der Waals surface area contributed by atoms with Crippen molar-refractivity contribution in [2.45, 2.75) is 52.6 Å². The highest BCUT2D eigenvalue weighted by atomic mass is 16.5. The molecule has 0 aromatic heterocycles. The van der Waals surface area contributed by atoms with E-state index in [0.717, 1.165) is 32.7 Å². The molecule has 0 aliphatic carbocycles. The summed E-state index contributed by atoms with van der Waals surface area (Å²) in [4.78, 5) is 5.20. The van der Waals surface area contributed by atoms with Crippen molar-refractivity contribution in [2.75, 3.05) is 52.5 Å². The largest absolute Gasteiger partial charge is 0.382 e. The third-order valence-electron chi connectivity index (χ3n) is 4.17. The summed E-state index contributed by atoms with van der Waals surface area (Å²) < 4.78 is 5.34. The molecule has 4 heteroatoms. The van der Waals surface area contributed by atoms with Crippen LogP contribution < -0.4 is 5.32 Å². The summed E-state index contributed by atoms with van der Waals surface area (Å²) in [5.74, 6) is 0. The summed E-state index contributed by atoms with van der Waals surface area (Å²) in [6.45, 7) is 19.9. The number of ether oxygens (including phenoxy) is 1. The molecule has 0 spiro atoms. The zero-order valence-electron chi connectivity index (χ0n) is 14.2. The first-order valence-corrected chi connectivity index (χ1v) is 8.22. The van der Waals surface area contributed by atoms with Gasteiger partial charge in [-0.25, -0.2) is 0 Å². The minimum absolute atomic E-state index is 0.312. The van der Waals surface area contributed by atoms with Gasteiger partial charge in [-0.2, -0.15) is 0 Å². The van der Waals surface area contributed by atoms with Crippen molar-refractivity contribution in [3.63, 3.8) is 0 Å². The van der Waals surface area contributed by atoms with E-state index in [2.05, 4.69) is 42.8 Å². The Morgan fingerprint density at radius 3 is 2.35 bits per heavy atom. The molecule has 1 aliphatic rings. The molecule has 0 aromatic rings. The van der Waals surface area contributed by atoms with Crippen LogP contribution in [-0.2, 0) is 4.74 Å². The average Bonchev–Trinajstić information content (AvgIpc) is 2.41. The van der Waals surface area contributed by atoms with Gasteiger partial charge in [0.1, 0.15) is 0 Å². The second kappa shape index (κ2) is 8.98. The Labute approximate surface area is 125 Å². The second-order valence-electron chi connectivity index (χ2n) is 6.80. The van der Waals surface area contributed by atoms with E-state index in [1.807, 2.05) is 6.92 Å². The molecule has 1 fully saturated rings. The van der Waals surface area contributed by atoms with Gasteiger partial charge < -0.3 is 10.1 Å². The predicted molar refractivity (Wildman–Crippen MR) is 86.3 cm³/mol. The first-order chi connectivity index (χ1) is 9.45. The van der Waals surface area contributed by atoms with E-state index in [-0.39, 0.29) is 0 Å². The van der Waals surface area contributed by atoms with Crippen molar-refractivity contribution in [3.05, 3.63) is 0 Å². The number of hydrogen-bond acceptors (Lipinski definition) is 4. The number of nitrogens with zero attached hydrogens (tertiary/aromatic N) is 2. The molecule has 1 atom stereocenters. The molecule has 1 N–H and O–H groups in total. The third kappa shape index (κ3) is 6.53. The Bertz CT molecular complexity index is 245. The van der Waals surface area contributed by atoms with Gasteiger partial charge in [-0.05, 0) is 47.6 Å². The fourth-order valence-electron chi connectivity index (χ4n) is 2.72. The summed E-state index contributed by atoms with van der Waals surface area (Å²) in [6, 6.07) is 0.629. The van der Waals surface area contributed by atoms with Crippen molar-refractivity contribution in [2.24, 2.45) is 0 Å². The predicted octanol–water partition coefficient (Wildman–Crippen LogP) is 1.81. The van der Waals surface area contributed by atoms with E-state index in [9.17, 15) is 0 Å². The maximum atomic E-state index is 5.34. The normalized spacial score (nSPS) is 20.2. The smallest absolute Gasteiger partial charge is 0.0477 e. The summed E-state index contributed by atoms with van der Waals surface area (Å²) >= 11 is 0. The van der Waals surface area contributed by atoms with Crippen molar-refractivity contribution in [3.8, 4) is 0 Å². The molecule has 0 saturated carbocycles. The van der Waals surface area contributed by atoms with Crippen LogP contribution in [0.5, 0.6) is 0 Å². The van der Waals surface area contributed by atoms with Gasteiger partial charge in [0.2, 0.25) is 0 Å². The first kappa shape index (κ1) is 17.9. The number of hydrogen-bond donors (Lipinski definition) is 1. The van der Waals surface area contributed by atoms with Crippen molar-refractivity contribution in [1.29, 1.82) is 0 Å². The van der Waals surface area contributed by atoms with Gasteiger partial charge >= 0.3 is 0 Å². The molecule has 20 heavy (non-hydrogen) atoms. The minimum Gasteiger partial charge on any atom is -0.382 e. The molecule has 0 bridgehead atoms. The molecule has 120 valence electrons. The van der Waals surface area contributed by atoms with Crippen LogP contribution in [0.2, 0.25) is 0 Å². The molecule has 0 amide bonds. The lowest BCUT2D eigenvalue weighted by atomic mass is 10.0. The van der Waals surface area contributed by atoms with Crippen LogP contribution in [0.3, 0.4) is 0 Å². The minimum atomic E-state index is 0.312. The fourth-order valence-corrected chi connectivity index (χ4v) is 2.72. The molecular weight excluding hydrogens is 250 g/mol. The molecule has 1 aliphatic heterocycles. The van der Waals surface area contributed by atoms with Gasteiger partial charge in [0, 0.05) is 57.5 Å². The van der Waals surface area contributed by atoms with E-state index >= 15 is 0 Å². The van der Waals surface area contributed by atoms with Gasteiger partial charge in [-0.1, -0.05) is 0 Å². The Hall–Kier alpha value is -0.160. The highest BCUT2D eigenvalue weighted by Crippen LogP contribution is 2.16. The maximum Gasteiger partial charge on any atom is 0.0477 e. The lowest BCUT2D eigenvalue weighted by Crippen LogP contribution is -2.56. The fraction of sp³-hybridized carbons (Fsp3) is 1.00. The van der Waals surface area contributed by atoms with Crippen molar-refractivity contribution in [1.82, 2.24) is 15.1 Å². The van der Waals surface area contributed by atoms with Crippen LogP contribution in [0.15, 0.2) is 0 Å². The topological polar surface area (TPSA) is 27.7 Å². The van der Waals surface area contributed by atoms with Crippen molar-refractivity contribution >= 4 is 0 Å². The zero-order chi connectivity index (χ0) is 15.0. The molecular formula is C16H35N3O. The van der Waals surface area contributed by atoms with Crippen LogP contribution in [0.25, 0.3) is 0 Å². The van der Waals surface area contributed by atoms with E-state index in [1.54, 1.807) is 0 Å². The van der Waals surface area contributed by atoms with E-state index in [1.165, 1.54) is 26.2 Å². The standard InChI is InChI=1S/C16H35N3O/c1-6-20-13-7-8-17-14-15(2)18-9-11-19(12-10-18)16(3,4)5/h15,17H,6-14H2,1-5H3. The second-order valence-corrected chi connectivity index (χ2v) is 6.80. The monoisotopic (exact) mass is 285 g/mol. The van der Waals surface area contributed by atoms with Gasteiger partial charge in [-0.15, -0.1) is 0 Å². The summed E-state index contributed by atoms with van der Waals surface area (Å²) in [5.41, 5.74) is 0.312. The molecule has 1 heterocycles. The van der Waals surface area contributed by atoms with Gasteiger partial charge in [0.15, 0.2) is 0 Å². The third-order valence-corrected chi connectivity index (χ3v) is 4.17. The molecule has 1 rings (SSSR count). The SMILES string of the molecule is CCOCCCNCC(C)N1CCN(C(C)(C)C)CC1. The Morgan fingerprint density at radius 2 is 1.80 bits per heavy atom. The van der Waals surface area contributed by atoms with E-state index < -0.39 is 0 Å². The highest BCUT2D eigenvalue weighted by molar-refractivity contribution is 4.84. The maximum absolute atomic E-state index is 5.34. The number of rotatable bonds is 8. The Kier molecular flexibility index (Phi) is 8.03. The summed E-state index contributed by atoms with van der Waals surface area (Å²) in [5, 5.41) is 3.55. The van der Waals surface area contributed by atoms with Crippen LogP contribution >= 0.6 is 0 Å². The Balaban J connectivity index is 2.11. The van der Waals surface area contributed by atoms with Crippen LogP contribution in [0.4, 0.5) is 0 Å². The first-order valence-electron chi connectivity index (χ1n) is 8.22. The molecule has 0 radical (unpaired) electrons. The lowest BCUT2D eigenvalue weighted by Gasteiger charge is -2.44. The molecule has 0 aromatic carbocycles. The number of piperazine rings is 1. The molecule has 4 nitrogen and oxygen atoms in total. The summed E-state index contributed by atoms with van der Waals surface area (Å²) in [7, 11) is 0. The number of nitrogens with one attached hydrogen (secondary N) is 1. The van der Waals surface area contributed by atoms with Gasteiger partial charge in [-0.3, -0.25) is 9.80 Å². The quantitative estimate of drug-likeness (QED) is 0.688. The Morgan fingerprint density at radius 1 is 1.15 bits per heavy atom. The van der Waals surface area contributed by atoms with Crippen LogP contribution in [0, 0.1) is 0 Å². The average molecular weight is 285 g/mol. The lowest BCUT2D eigenvalue weighted by molar-refractivity contribution is 0.0455. The van der Waals surface area contributed by atoms with E-state index in [0.29, 0.717) is 11.6 Å². The molecule has 1 unspecified atom stereocenters. The zero-order valence-corrected chi connectivity index (χ0v) is 14.2. The highest BCUT2D eigenvalue weighted by Gasteiger charge is 2.27. The van der Waals surface area contributed by atoms with Crippen LogP contribution in [0.1, 0.15) is 41.0 Å². The van der Waals surface area contributed by atoms with Crippen LogP contribution in [-0.4, -0.2) is 73.9 Å². The van der Waals surface area contributed by atoms with Crippen molar-refractivity contribution < 1.29 is 4.74 Å². The van der Waals surface area contributed by atoms with Gasteiger partial charge in [0.05, 0.1) is 0 Å². The van der Waals surface area contributed by atoms with Gasteiger partial charge in [0.25, 0.3) is 0 Å². The van der Waals surface area contributed by atoms with E-state index in [4.69, 9.17) is 4.74 Å². The molecule has 1 saturated heterocycles.